The van der Waals surface area contributed by atoms with Crippen LogP contribution in [0.5, 0.6) is 0 Å². The molecule has 0 aromatic heterocycles. The van der Waals surface area contributed by atoms with Crippen LogP contribution in [-0.2, 0) is 13.1 Å². The van der Waals surface area contributed by atoms with E-state index in [1.54, 1.807) is 4.90 Å². The molecule has 1 aliphatic rings. The zero-order valence-electron chi connectivity index (χ0n) is 11.2. The first-order chi connectivity index (χ1) is 9.65. The molecule has 0 bridgehead atoms. The Kier molecular flexibility index (Phi) is 3.36. The average Bonchev–Trinajstić information content (AvgIpc) is 2.46. The molecule has 0 saturated heterocycles. The van der Waals surface area contributed by atoms with Crippen LogP contribution >= 0.6 is 11.6 Å². The van der Waals surface area contributed by atoms with Gasteiger partial charge in [-0.05, 0) is 29.3 Å². The Morgan fingerprint density at radius 2 is 1.80 bits per heavy atom. The second kappa shape index (κ2) is 5.17. The minimum atomic E-state index is 0.0265. The highest BCUT2D eigenvalue weighted by Gasteiger charge is 2.27. The highest BCUT2D eigenvalue weighted by atomic mass is 35.5. The standard InChI is InChI=1S/C16H15ClN2O/c1-18-11-13-4-2-3-5-15(13)19(16(18)20)10-12-6-8-14(17)9-7-12/h2-9H,10-11H2,1H3. The molecule has 0 unspecified atom stereocenters. The van der Waals surface area contributed by atoms with E-state index >= 15 is 0 Å². The summed E-state index contributed by atoms with van der Waals surface area (Å²) in [5.74, 6) is 0. The van der Waals surface area contributed by atoms with Gasteiger partial charge in [-0.25, -0.2) is 4.79 Å². The summed E-state index contributed by atoms with van der Waals surface area (Å²) in [6.07, 6.45) is 0. The Morgan fingerprint density at radius 1 is 1.10 bits per heavy atom. The Morgan fingerprint density at radius 3 is 2.55 bits per heavy atom. The largest absolute Gasteiger partial charge is 0.324 e. The number of benzene rings is 2. The van der Waals surface area contributed by atoms with E-state index in [-0.39, 0.29) is 6.03 Å². The predicted octanol–water partition coefficient (Wildman–Crippen LogP) is 3.91. The highest BCUT2D eigenvalue weighted by Crippen LogP contribution is 2.29. The van der Waals surface area contributed by atoms with Crippen molar-refractivity contribution in [3.63, 3.8) is 0 Å². The Hall–Kier alpha value is -2.00. The molecular weight excluding hydrogens is 272 g/mol. The van der Waals surface area contributed by atoms with E-state index in [1.807, 2.05) is 54.4 Å². The minimum absolute atomic E-state index is 0.0265. The van der Waals surface area contributed by atoms with Crippen molar-refractivity contribution >= 4 is 23.3 Å². The van der Waals surface area contributed by atoms with Crippen molar-refractivity contribution in [2.45, 2.75) is 13.1 Å². The van der Waals surface area contributed by atoms with Crippen molar-refractivity contribution in [1.82, 2.24) is 4.90 Å². The quantitative estimate of drug-likeness (QED) is 0.821. The molecule has 4 heteroatoms. The molecule has 1 heterocycles. The topological polar surface area (TPSA) is 23.6 Å². The van der Waals surface area contributed by atoms with E-state index < -0.39 is 0 Å². The van der Waals surface area contributed by atoms with E-state index in [1.165, 1.54) is 5.56 Å². The summed E-state index contributed by atoms with van der Waals surface area (Å²) in [4.78, 5) is 15.9. The lowest BCUT2D eigenvalue weighted by atomic mass is 10.1. The number of anilines is 1. The van der Waals surface area contributed by atoms with Gasteiger partial charge in [-0.3, -0.25) is 4.90 Å². The summed E-state index contributed by atoms with van der Waals surface area (Å²) in [7, 11) is 1.83. The van der Waals surface area contributed by atoms with Crippen LogP contribution in [0.4, 0.5) is 10.5 Å². The monoisotopic (exact) mass is 286 g/mol. The lowest BCUT2D eigenvalue weighted by Gasteiger charge is -2.35. The van der Waals surface area contributed by atoms with Crippen molar-refractivity contribution in [3.05, 3.63) is 64.7 Å². The molecule has 2 aromatic rings. The van der Waals surface area contributed by atoms with Gasteiger partial charge in [-0.2, -0.15) is 0 Å². The number of urea groups is 1. The van der Waals surface area contributed by atoms with Gasteiger partial charge < -0.3 is 4.90 Å². The fraction of sp³-hybridized carbons (Fsp3) is 0.188. The van der Waals surface area contributed by atoms with Gasteiger partial charge in [0, 0.05) is 18.6 Å². The zero-order valence-corrected chi connectivity index (χ0v) is 12.0. The number of fused-ring (bicyclic) bond motifs is 1. The first-order valence-corrected chi connectivity index (χ1v) is 6.88. The van der Waals surface area contributed by atoms with Crippen LogP contribution in [0.15, 0.2) is 48.5 Å². The maximum Gasteiger partial charge on any atom is 0.324 e. The number of nitrogens with zero attached hydrogens (tertiary/aromatic N) is 2. The van der Waals surface area contributed by atoms with Crippen molar-refractivity contribution in [2.75, 3.05) is 11.9 Å². The maximum atomic E-state index is 12.4. The molecule has 20 heavy (non-hydrogen) atoms. The molecule has 0 radical (unpaired) electrons. The van der Waals surface area contributed by atoms with Crippen LogP contribution in [0.1, 0.15) is 11.1 Å². The zero-order chi connectivity index (χ0) is 14.1. The average molecular weight is 287 g/mol. The minimum Gasteiger partial charge on any atom is -0.323 e. The number of hydrogen-bond donors (Lipinski definition) is 0. The summed E-state index contributed by atoms with van der Waals surface area (Å²) in [5, 5.41) is 0.705. The van der Waals surface area contributed by atoms with Crippen LogP contribution in [-0.4, -0.2) is 18.0 Å². The van der Waals surface area contributed by atoms with E-state index in [4.69, 9.17) is 11.6 Å². The van der Waals surface area contributed by atoms with Gasteiger partial charge in [0.25, 0.3) is 0 Å². The molecule has 1 aliphatic heterocycles. The molecule has 2 amide bonds. The number of hydrogen-bond acceptors (Lipinski definition) is 1. The molecule has 3 rings (SSSR count). The molecule has 0 atom stereocenters. The molecule has 0 spiro atoms. The molecule has 0 saturated carbocycles. The van der Waals surface area contributed by atoms with Gasteiger partial charge in [0.05, 0.1) is 12.2 Å². The normalized spacial score (nSPS) is 14.4. The van der Waals surface area contributed by atoms with Crippen LogP contribution < -0.4 is 4.90 Å². The third-order valence-electron chi connectivity index (χ3n) is 3.50. The third-order valence-corrected chi connectivity index (χ3v) is 3.75. The molecule has 3 nitrogen and oxygen atoms in total. The van der Waals surface area contributed by atoms with E-state index in [2.05, 4.69) is 6.07 Å². The Balaban J connectivity index is 1.95. The highest BCUT2D eigenvalue weighted by molar-refractivity contribution is 6.30. The van der Waals surface area contributed by atoms with Gasteiger partial charge in [0.1, 0.15) is 0 Å². The summed E-state index contributed by atoms with van der Waals surface area (Å²) >= 11 is 5.90. The molecular formula is C16H15ClN2O. The number of amides is 2. The maximum absolute atomic E-state index is 12.4. The van der Waals surface area contributed by atoms with Crippen LogP contribution in [0.25, 0.3) is 0 Å². The predicted molar refractivity (Wildman–Crippen MR) is 80.9 cm³/mol. The summed E-state index contributed by atoms with van der Waals surface area (Å²) < 4.78 is 0. The summed E-state index contributed by atoms with van der Waals surface area (Å²) in [6, 6.07) is 15.7. The fourth-order valence-corrected chi connectivity index (χ4v) is 2.59. The first-order valence-electron chi connectivity index (χ1n) is 6.50. The number of para-hydroxylation sites is 1. The number of halogens is 1. The second-order valence-corrected chi connectivity index (χ2v) is 5.42. The van der Waals surface area contributed by atoms with Crippen molar-refractivity contribution in [2.24, 2.45) is 0 Å². The number of carbonyl (C=O) groups excluding carboxylic acids is 1. The van der Waals surface area contributed by atoms with Crippen molar-refractivity contribution < 1.29 is 4.79 Å². The Bertz CT molecular complexity index is 639. The molecule has 0 aliphatic carbocycles. The van der Waals surface area contributed by atoms with E-state index in [0.29, 0.717) is 18.1 Å². The van der Waals surface area contributed by atoms with Crippen LogP contribution in [0.2, 0.25) is 5.02 Å². The van der Waals surface area contributed by atoms with Gasteiger partial charge in [-0.15, -0.1) is 0 Å². The number of carbonyl (C=O) groups is 1. The van der Waals surface area contributed by atoms with Crippen molar-refractivity contribution in [3.8, 4) is 0 Å². The van der Waals surface area contributed by atoms with Gasteiger partial charge in [0.2, 0.25) is 0 Å². The Labute approximate surface area is 123 Å². The number of rotatable bonds is 2. The van der Waals surface area contributed by atoms with Crippen LogP contribution in [0, 0.1) is 0 Å². The molecule has 2 aromatic carbocycles. The van der Waals surface area contributed by atoms with Crippen LogP contribution in [0.3, 0.4) is 0 Å². The smallest absolute Gasteiger partial charge is 0.323 e. The fourth-order valence-electron chi connectivity index (χ4n) is 2.47. The van der Waals surface area contributed by atoms with E-state index in [0.717, 1.165) is 11.3 Å². The van der Waals surface area contributed by atoms with E-state index in [9.17, 15) is 4.79 Å². The molecule has 102 valence electrons. The van der Waals surface area contributed by atoms with Gasteiger partial charge in [-0.1, -0.05) is 41.9 Å². The second-order valence-electron chi connectivity index (χ2n) is 4.98. The molecule has 0 N–H and O–H groups in total. The third kappa shape index (κ3) is 2.37. The summed E-state index contributed by atoms with van der Waals surface area (Å²) in [6.45, 7) is 1.21. The van der Waals surface area contributed by atoms with Gasteiger partial charge >= 0.3 is 6.03 Å². The summed E-state index contributed by atoms with van der Waals surface area (Å²) in [5.41, 5.74) is 3.22. The first kappa shape index (κ1) is 13.0. The van der Waals surface area contributed by atoms with Gasteiger partial charge in [0.15, 0.2) is 0 Å². The SMILES string of the molecule is CN1Cc2ccccc2N(Cc2ccc(Cl)cc2)C1=O. The lowest BCUT2D eigenvalue weighted by molar-refractivity contribution is 0.210. The van der Waals surface area contributed by atoms with Crippen molar-refractivity contribution in [1.29, 1.82) is 0 Å². The molecule has 0 fully saturated rings. The lowest BCUT2D eigenvalue weighted by Crippen LogP contribution is -2.44.